The molecule has 1 aromatic rings. The molecule has 1 rings (SSSR count). The molecule has 0 aliphatic rings. The van der Waals surface area contributed by atoms with Gasteiger partial charge >= 0.3 is 0 Å². The monoisotopic (exact) mass is 250 g/mol. The molecule has 0 radical (unpaired) electrons. The lowest BCUT2D eigenvalue weighted by Gasteiger charge is -2.14. The van der Waals surface area contributed by atoms with Crippen LogP contribution in [-0.4, -0.2) is 30.1 Å². The van der Waals surface area contributed by atoms with E-state index >= 15 is 0 Å². The normalized spacial score (nSPS) is 12.1. The molecule has 100 valence electrons. The molecular formula is C14H22N2O2. The molecule has 1 aromatic carbocycles. The summed E-state index contributed by atoms with van der Waals surface area (Å²) in [5, 5.41) is 15.1. The Morgan fingerprint density at radius 2 is 2.00 bits per heavy atom. The van der Waals surface area contributed by atoms with Gasteiger partial charge in [-0.1, -0.05) is 19.1 Å². The summed E-state index contributed by atoms with van der Waals surface area (Å²) in [7, 11) is 0. The molecule has 1 amide bonds. The standard InChI is InChI=1S/C14H22N2O2/c1-3-15-10-14(18)16-11(2)4-5-12-6-8-13(17)9-7-12/h6-9,11,15,17H,3-5,10H2,1-2H3,(H,16,18). The topological polar surface area (TPSA) is 61.4 Å². The van der Waals surface area contributed by atoms with E-state index in [0.717, 1.165) is 19.4 Å². The van der Waals surface area contributed by atoms with Crippen molar-refractivity contribution in [1.29, 1.82) is 0 Å². The van der Waals surface area contributed by atoms with Gasteiger partial charge in [-0.3, -0.25) is 4.79 Å². The molecule has 0 heterocycles. The molecule has 0 aliphatic carbocycles. The number of carbonyl (C=O) groups is 1. The summed E-state index contributed by atoms with van der Waals surface area (Å²) in [6.07, 6.45) is 1.78. The Balaban J connectivity index is 2.26. The number of rotatable bonds is 7. The number of benzene rings is 1. The van der Waals surface area contributed by atoms with Crippen LogP contribution < -0.4 is 10.6 Å². The Labute approximate surface area is 108 Å². The van der Waals surface area contributed by atoms with Gasteiger partial charge in [0.2, 0.25) is 5.91 Å². The Hall–Kier alpha value is -1.55. The molecule has 0 aromatic heterocycles. The van der Waals surface area contributed by atoms with Gasteiger partial charge in [0, 0.05) is 6.04 Å². The van der Waals surface area contributed by atoms with Gasteiger partial charge in [-0.2, -0.15) is 0 Å². The number of aryl methyl sites for hydroxylation is 1. The fourth-order valence-electron chi connectivity index (χ4n) is 1.68. The Morgan fingerprint density at radius 1 is 1.33 bits per heavy atom. The quantitative estimate of drug-likeness (QED) is 0.686. The van der Waals surface area contributed by atoms with Crippen molar-refractivity contribution in [3.05, 3.63) is 29.8 Å². The van der Waals surface area contributed by atoms with E-state index in [0.29, 0.717) is 6.54 Å². The van der Waals surface area contributed by atoms with E-state index in [1.807, 2.05) is 26.0 Å². The molecule has 4 nitrogen and oxygen atoms in total. The molecule has 0 saturated carbocycles. The largest absolute Gasteiger partial charge is 0.508 e. The Morgan fingerprint density at radius 3 is 2.61 bits per heavy atom. The molecule has 1 unspecified atom stereocenters. The van der Waals surface area contributed by atoms with Crippen LogP contribution in [-0.2, 0) is 11.2 Å². The lowest BCUT2D eigenvalue weighted by Crippen LogP contribution is -2.39. The molecule has 0 saturated heterocycles. The van der Waals surface area contributed by atoms with Crippen LogP contribution in [0.15, 0.2) is 24.3 Å². The molecule has 18 heavy (non-hydrogen) atoms. The minimum absolute atomic E-state index is 0.0371. The summed E-state index contributed by atoms with van der Waals surface area (Å²) in [5.74, 6) is 0.320. The second kappa shape index (κ2) is 7.71. The van der Waals surface area contributed by atoms with Gasteiger partial charge in [0.1, 0.15) is 5.75 Å². The summed E-state index contributed by atoms with van der Waals surface area (Å²) in [5.41, 5.74) is 1.17. The number of hydrogen-bond donors (Lipinski definition) is 3. The molecule has 0 spiro atoms. The maximum Gasteiger partial charge on any atom is 0.234 e. The number of nitrogens with one attached hydrogen (secondary N) is 2. The number of hydrogen-bond acceptors (Lipinski definition) is 3. The van der Waals surface area contributed by atoms with Crippen molar-refractivity contribution in [2.24, 2.45) is 0 Å². The first kappa shape index (κ1) is 14.5. The van der Waals surface area contributed by atoms with E-state index < -0.39 is 0 Å². The van der Waals surface area contributed by atoms with Crippen LogP contribution >= 0.6 is 0 Å². The van der Waals surface area contributed by atoms with Crippen molar-refractivity contribution in [2.45, 2.75) is 32.7 Å². The minimum atomic E-state index is 0.0371. The van der Waals surface area contributed by atoms with Gasteiger partial charge in [-0.25, -0.2) is 0 Å². The van der Waals surface area contributed by atoms with E-state index in [9.17, 15) is 9.90 Å². The van der Waals surface area contributed by atoms with Crippen LogP contribution in [0.1, 0.15) is 25.8 Å². The Bertz CT molecular complexity index is 363. The zero-order valence-corrected chi connectivity index (χ0v) is 11.1. The van der Waals surface area contributed by atoms with E-state index in [-0.39, 0.29) is 17.7 Å². The second-order valence-electron chi connectivity index (χ2n) is 4.45. The molecule has 0 fully saturated rings. The first-order chi connectivity index (χ1) is 8.61. The summed E-state index contributed by atoms with van der Waals surface area (Å²) < 4.78 is 0. The highest BCUT2D eigenvalue weighted by molar-refractivity contribution is 5.78. The second-order valence-corrected chi connectivity index (χ2v) is 4.45. The van der Waals surface area contributed by atoms with Gasteiger partial charge in [-0.05, 0) is 44.0 Å². The van der Waals surface area contributed by atoms with Crippen LogP contribution in [0.25, 0.3) is 0 Å². The van der Waals surface area contributed by atoms with Crippen molar-refractivity contribution in [3.63, 3.8) is 0 Å². The van der Waals surface area contributed by atoms with Crippen molar-refractivity contribution in [3.8, 4) is 5.75 Å². The average Bonchev–Trinajstić information content (AvgIpc) is 2.35. The van der Waals surface area contributed by atoms with Crippen molar-refractivity contribution < 1.29 is 9.90 Å². The smallest absolute Gasteiger partial charge is 0.234 e. The summed E-state index contributed by atoms with van der Waals surface area (Å²) >= 11 is 0. The molecule has 3 N–H and O–H groups in total. The lowest BCUT2D eigenvalue weighted by molar-refractivity contribution is -0.120. The molecule has 1 atom stereocenters. The van der Waals surface area contributed by atoms with Crippen LogP contribution in [0, 0.1) is 0 Å². The molecule has 0 aliphatic heterocycles. The van der Waals surface area contributed by atoms with Crippen molar-refractivity contribution in [1.82, 2.24) is 10.6 Å². The first-order valence-corrected chi connectivity index (χ1v) is 6.39. The average molecular weight is 250 g/mol. The van der Waals surface area contributed by atoms with E-state index in [1.165, 1.54) is 5.56 Å². The van der Waals surface area contributed by atoms with Gasteiger partial charge in [0.25, 0.3) is 0 Å². The summed E-state index contributed by atoms with van der Waals surface area (Å²) in [4.78, 5) is 11.5. The number of aromatic hydroxyl groups is 1. The van der Waals surface area contributed by atoms with E-state index in [4.69, 9.17) is 0 Å². The highest BCUT2D eigenvalue weighted by Crippen LogP contribution is 2.11. The lowest BCUT2D eigenvalue weighted by atomic mass is 10.1. The van der Waals surface area contributed by atoms with Gasteiger partial charge in [0.15, 0.2) is 0 Å². The first-order valence-electron chi connectivity index (χ1n) is 6.39. The van der Waals surface area contributed by atoms with Crippen LogP contribution in [0.5, 0.6) is 5.75 Å². The van der Waals surface area contributed by atoms with Crippen molar-refractivity contribution >= 4 is 5.91 Å². The van der Waals surface area contributed by atoms with E-state index in [2.05, 4.69) is 10.6 Å². The summed E-state index contributed by atoms with van der Waals surface area (Å²) in [6, 6.07) is 7.34. The number of carbonyl (C=O) groups excluding carboxylic acids is 1. The van der Waals surface area contributed by atoms with E-state index in [1.54, 1.807) is 12.1 Å². The maximum atomic E-state index is 11.5. The van der Waals surface area contributed by atoms with Crippen molar-refractivity contribution in [2.75, 3.05) is 13.1 Å². The number of amides is 1. The predicted octanol–water partition coefficient (Wildman–Crippen LogP) is 1.44. The zero-order valence-electron chi connectivity index (χ0n) is 11.1. The molecule has 0 bridgehead atoms. The third-order valence-electron chi connectivity index (χ3n) is 2.75. The fraction of sp³-hybridized carbons (Fsp3) is 0.500. The third kappa shape index (κ3) is 5.68. The summed E-state index contributed by atoms with van der Waals surface area (Å²) in [6.45, 7) is 5.15. The highest BCUT2D eigenvalue weighted by atomic mass is 16.3. The zero-order chi connectivity index (χ0) is 13.4. The van der Waals surface area contributed by atoms with Crippen LogP contribution in [0.3, 0.4) is 0 Å². The van der Waals surface area contributed by atoms with Gasteiger partial charge in [0.05, 0.1) is 6.54 Å². The van der Waals surface area contributed by atoms with Crippen LogP contribution in [0.2, 0.25) is 0 Å². The predicted molar refractivity (Wildman–Crippen MR) is 72.6 cm³/mol. The molecule has 4 heteroatoms. The van der Waals surface area contributed by atoms with Crippen LogP contribution in [0.4, 0.5) is 0 Å². The van der Waals surface area contributed by atoms with Gasteiger partial charge in [-0.15, -0.1) is 0 Å². The SMILES string of the molecule is CCNCC(=O)NC(C)CCc1ccc(O)cc1. The number of phenols is 1. The molecular weight excluding hydrogens is 228 g/mol. The third-order valence-corrected chi connectivity index (χ3v) is 2.75. The fourth-order valence-corrected chi connectivity index (χ4v) is 1.68. The van der Waals surface area contributed by atoms with Gasteiger partial charge < -0.3 is 15.7 Å². The maximum absolute atomic E-state index is 11.5. The highest BCUT2D eigenvalue weighted by Gasteiger charge is 2.06. The Kier molecular flexibility index (Phi) is 6.22. The minimum Gasteiger partial charge on any atom is -0.508 e. The number of phenolic OH excluding ortho intramolecular Hbond substituents is 1. The number of likely N-dealkylation sites (N-methyl/N-ethyl adjacent to an activating group) is 1.